The molecule has 0 amide bonds. The van der Waals surface area contributed by atoms with Crippen LogP contribution in [0.5, 0.6) is 5.75 Å². The minimum atomic E-state index is -1.05. The van der Waals surface area contributed by atoms with Gasteiger partial charge in [0, 0.05) is 0 Å². The zero-order chi connectivity index (χ0) is 13.2. The van der Waals surface area contributed by atoms with Crippen molar-refractivity contribution in [3.05, 3.63) is 28.3 Å². The van der Waals surface area contributed by atoms with Crippen molar-refractivity contribution < 1.29 is 15.3 Å². The summed E-state index contributed by atoms with van der Waals surface area (Å²) >= 11 is 0. The molecular formula is C14H22O3. The first-order valence-electron chi connectivity index (χ1n) is 5.90. The number of benzene rings is 1. The second-order valence-corrected chi connectivity index (χ2v) is 5.11. The maximum atomic E-state index is 9.94. The van der Waals surface area contributed by atoms with Crippen LogP contribution in [-0.2, 0) is 6.42 Å². The smallest absolute Gasteiger partial charge is 0.121 e. The average Bonchev–Trinajstić information content (AvgIpc) is 2.29. The molecule has 1 atom stereocenters. The highest BCUT2D eigenvalue weighted by atomic mass is 16.3. The van der Waals surface area contributed by atoms with Crippen LogP contribution >= 0.6 is 0 Å². The molecule has 1 aromatic rings. The van der Waals surface area contributed by atoms with E-state index in [1.54, 1.807) is 6.92 Å². The van der Waals surface area contributed by atoms with E-state index in [9.17, 15) is 10.2 Å². The lowest BCUT2D eigenvalue weighted by molar-refractivity contribution is -0.00477. The van der Waals surface area contributed by atoms with Gasteiger partial charge in [0.05, 0.1) is 12.2 Å². The minimum Gasteiger partial charge on any atom is -0.507 e. The zero-order valence-corrected chi connectivity index (χ0v) is 11.0. The van der Waals surface area contributed by atoms with E-state index in [1.165, 1.54) is 0 Å². The number of rotatable bonds is 4. The molecule has 3 nitrogen and oxygen atoms in total. The highest BCUT2D eigenvalue weighted by molar-refractivity contribution is 5.48. The van der Waals surface area contributed by atoms with Crippen LogP contribution in [-0.4, -0.2) is 27.5 Å². The van der Waals surface area contributed by atoms with E-state index in [0.29, 0.717) is 18.6 Å². The van der Waals surface area contributed by atoms with Gasteiger partial charge in [-0.1, -0.05) is 6.07 Å². The van der Waals surface area contributed by atoms with Crippen LogP contribution in [0.1, 0.15) is 35.6 Å². The number of hydrogen-bond acceptors (Lipinski definition) is 3. The summed E-state index contributed by atoms with van der Waals surface area (Å²) < 4.78 is 0. The van der Waals surface area contributed by atoms with Gasteiger partial charge >= 0.3 is 0 Å². The second-order valence-electron chi connectivity index (χ2n) is 5.11. The third kappa shape index (κ3) is 3.20. The summed E-state index contributed by atoms with van der Waals surface area (Å²) in [5.74, 6) is 0.337. The number of aliphatic hydroxyl groups excluding tert-OH is 1. The molecule has 0 saturated carbocycles. The molecule has 0 radical (unpaired) electrons. The topological polar surface area (TPSA) is 60.7 Å². The van der Waals surface area contributed by atoms with Crippen molar-refractivity contribution >= 4 is 0 Å². The van der Waals surface area contributed by atoms with Gasteiger partial charge in [0.2, 0.25) is 0 Å². The monoisotopic (exact) mass is 238 g/mol. The lowest BCUT2D eigenvalue weighted by Gasteiger charge is -2.21. The predicted octanol–water partition coefficient (Wildman–Crippen LogP) is 1.99. The Balaban J connectivity index is 2.93. The normalized spacial score (nSPS) is 14.7. The van der Waals surface area contributed by atoms with Crippen molar-refractivity contribution in [3.63, 3.8) is 0 Å². The van der Waals surface area contributed by atoms with Crippen LogP contribution in [0, 0.1) is 20.8 Å². The van der Waals surface area contributed by atoms with E-state index in [-0.39, 0.29) is 6.61 Å². The maximum absolute atomic E-state index is 9.94. The molecule has 0 aliphatic heterocycles. The summed E-state index contributed by atoms with van der Waals surface area (Å²) in [6.45, 7) is 7.10. The molecule has 0 saturated heterocycles. The lowest BCUT2D eigenvalue weighted by Crippen LogP contribution is -2.29. The summed E-state index contributed by atoms with van der Waals surface area (Å²) in [6.07, 6.45) is 1.13. The summed E-state index contributed by atoms with van der Waals surface area (Å²) in [4.78, 5) is 0. The Hall–Kier alpha value is -1.06. The highest BCUT2D eigenvalue weighted by Gasteiger charge is 2.19. The van der Waals surface area contributed by atoms with Crippen molar-refractivity contribution in [1.82, 2.24) is 0 Å². The van der Waals surface area contributed by atoms with E-state index in [1.807, 2.05) is 26.8 Å². The molecule has 0 bridgehead atoms. The standard InChI is InChI=1S/C14H22O3/c1-9-7-12(5-6-14(4,17)8-15)11(3)13(16)10(9)2/h7,15-17H,5-6,8H2,1-4H3. The fourth-order valence-electron chi connectivity index (χ4n) is 1.84. The first kappa shape index (κ1) is 14.0. The largest absolute Gasteiger partial charge is 0.507 e. The third-order valence-electron chi connectivity index (χ3n) is 3.45. The van der Waals surface area contributed by atoms with Gasteiger partial charge < -0.3 is 15.3 Å². The van der Waals surface area contributed by atoms with Crippen molar-refractivity contribution in [3.8, 4) is 5.75 Å². The Kier molecular flexibility index (Phi) is 4.17. The van der Waals surface area contributed by atoms with Crippen molar-refractivity contribution in [2.24, 2.45) is 0 Å². The minimum absolute atomic E-state index is 0.247. The first-order chi connectivity index (χ1) is 7.78. The number of aryl methyl sites for hydroxylation is 2. The van der Waals surface area contributed by atoms with Crippen LogP contribution in [0.25, 0.3) is 0 Å². The SMILES string of the molecule is Cc1cc(CCC(C)(O)CO)c(C)c(O)c1C. The van der Waals surface area contributed by atoms with E-state index in [4.69, 9.17) is 5.11 Å². The Morgan fingerprint density at radius 3 is 2.29 bits per heavy atom. The van der Waals surface area contributed by atoms with Crippen LogP contribution in [0.2, 0.25) is 0 Å². The van der Waals surface area contributed by atoms with Gasteiger partial charge in [0.15, 0.2) is 0 Å². The molecule has 3 heteroatoms. The predicted molar refractivity (Wildman–Crippen MR) is 68.3 cm³/mol. The first-order valence-corrected chi connectivity index (χ1v) is 5.90. The van der Waals surface area contributed by atoms with Gasteiger partial charge in [-0.05, 0) is 62.8 Å². The fraction of sp³-hybridized carbons (Fsp3) is 0.571. The van der Waals surface area contributed by atoms with Gasteiger partial charge in [-0.3, -0.25) is 0 Å². The highest BCUT2D eigenvalue weighted by Crippen LogP contribution is 2.29. The Morgan fingerprint density at radius 2 is 1.76 bits per heavy atom. The number of phenolic OH excluding ortho intramolecular Hbond substituents is 1. The number of aliphatic hydroxyl groups is 2. The zero-order valence-electron chi connectivity index (χ0n) is 11.0. The Bertz CT molecular complexity index is 408. The van der Waals surface area contributed by atoms with Gasteiger partial charge in [-0.15, -0.1) is 0 Å². The van der Waals surface area contributed by atoms with E-state index >= 15 is 0 Å². The molecule has 1 unspecified atom stereocenters. The summed E-state index contributed by atoms with van der Waals surface area (Å²) in [5, 5.41) is 28.7. The van der Waals surface area contributed by atoms with E-state index in [2.05, 4.69) is 0 Å². The number of hydrogen-bond donors (Lipinski definition) is 3. The van der Waals surface area contributed by atoms with Gasteiger partial charge in [0.1, 0.15) is 5.75 Å². The Morgan fingerprint density at radius 1 is 1.18 bits per heavy atom. The molecule has 0 aliphatic carbocycles. The molecule has 0 spiro atoms. The Labute approximate surface area is 103 Å². The number of phenols is 1. The number of aromatic hydroxyl groups is 1. The molecule has 0 fully saturated rings. The lowest BCUT2D eigenvalue weighted by atomic mass is 9.92. The third-order valence-corrected chi connectivity index (χ3v) is 3.45. The second kappa shape index (κ2) is 5.07. The summed E-state index contributed by atoms with van der Waals surface area (Å²) in [6, 6.07) is 2.04. The van der Waals surface area contributed by atoms with Crippen LogP contribution in [0.4, 0.5) is 0 Å². The van der Waals surface area contributed by atoms with Crippen molar-refractivity contribution in [1.29, 1.82) is 0 Å². The summed E-state index contributed by atoms with van der Waals surface area (Å²) in [7, 11) is 0. The van der Waals surface area contributed by atoms with Crippen LogP contribution in [0.3, 0.4) is 0 Å². The molecule has 0 heterocycles. The van der Waals surface area contributed by atoms with Gasteiger partial charge in [0.25, 0.3) is 0 Å². The van der Waals surface area contributed by atoms with Gasteiger partial charge in [-0.2, -0.15) is 0 Å². The molecular weight excluding hydrogens is 216 g/mol. The molecule has 0 aliphatic rings. The molecule has 3 N–H and O–H groups in total. The maximum Gasteiger partial charge on any atom is 0.121 e. The molecule has 1 aromatic carbocycles. The summed E-state index contributed by atoms with van der Waals surface area (Å²) in [5.41, 5.74) is 2.79. The van der Waals surface area contributed by atoms with Crippen LogP contribution in [0.15, 0.2) is 6.07 Å². The van der Waals surface area contributed by atoms with Crippen molar-refractivity contribution in [2.75, 3.05) is 6.61 Å². The van der Waals surface area contributed by atoms with Gasteiger partial charge in [-0.25, -0.2) is 0 Å². The van der Waals surface area contributed by atoms with E-state index in [0.717, 1.165) is 22.3 Å². The quantitative estimate of drug-likeness (QED) is 0.752. The van der Waals surface area contributed by atoms with Crippen LogP contribution < -0.4 is 0 Å². The molecule has 96 valence electrons. The average molecular weight is 238 g/mol. The fourth-order valence-corrected chi connectivity index (χ4v) is 1.84. The molecule has 0 aromatic heterocycles. The van der Waals surface area contributed by atoms with Crippen molar-refractivity contribution in [2.45, 2.75) is 46.1 Å². The molecule has 1 rings (SSSR count). The molecule has 17 heavy (non-hydrogen) atoms. The van der Waals surface area contributed by atoms with E-state index < -0.39 is 5.60 Å².